The van der Waals surface area contributed by atoms with Crippen molar-refractivity contribution < 1.29 is 14.6 Å². The van der Waals surface area contributed by atoms with Crippen LogP contribution in [0.3, 0.4) is 0 Å². The number of hydrogen-bond donors (Lipinski definition) is 2. The molecule has 2 atom stereocenters. The zero-order valence-electron chi connectivity index (χ0n) is 9.75. The van der Waals surface area contributed by atoms with Gasteiger partial charge in [-0.2, -0.15) is 0 Å². The largest absolute Gasteiger partial charge is 0.462 e. The highest BCUT2D eigenvalue weighted by Gasteiger charge is 2.22. The van der Waals surface area contributed by atoms with Gasteiger partial charge in [0.25, 0.3) is 6.47 Å². The molecule has 0 aliphatic carbocycles. The molecule has 1 fully saturated rings. The van der Waals surface area contributed by atoms with Gasteiger partial charge in [-0.25, -0.2) is 0 Å². The highest BCUT2D eigenvalue weighted by atomic mass is 16.5. The number of rotatable bonds is 2. The van der Waals surface area contributed by atoms with E-state index in [0.29, 0.717) is 19.6 Å². The maximum absolute atomic E-state index is 9.60. The summed E-state index contributed by atoms with van der Waals surface area (Å²) < 4.78 is 4.55. The fourth-order valence-corrected chi connectivity index (χ4v) is 0.980. The number of carbonyl (C=O) groups excluding carboxylic acids is 1. The number of hydrogen-bond acceptors (Lipinski definition) is 5. The van der Waals surface area contributed by atoms with Crippen molar-refractivity contribution in [3.8, 4) is 0 Å². The lowest BCUT2D eigenvalue weighted by Crippen LogP contribution is -2.20. The first-order chi connectivity index (χ1) is 7.40. The van der Waals surface area contributed by atoms with Crippen molar-refractivity contribution in [2.45, 2.75) is 38.5 Å². The summed E-state index contributed by atoms with van der Waals surface area (Å²) in [6.07, 6.45) is -0.499. The molecular weight excluding hydrogens is 212 g/mol. The number of aliphatic hydroxyl groups is 1. The van der Waals surface area contributed by atoms with E-state index in [1.165, 1.54) is 0 Å². The van der Waals surface area contributed by atoms with Crippen LogP contribution in [0.1, 0.15) is 20.8 Å². The number of nitrogens with one attached hydrogen (secondary N) is 1. The number of ether oxygens (including phenoxy) is 1. The molecule has 0 aromatic carbocycles. The third-order valence-electron chi connectivity index (χ3n) is 1.75. The second kappa shape index (κ2) is 7.05. The molecule has 0 radical (unpaired) electrons. The molecule has 1 aliphatic rings. The summed E-state index contributed by atoms with van der Waals surface area (Å²) in [6, 6.07) is -0.269. The fourth-order valence-electron chi connectivity index (χ4n) is 0.980. The van der Waals surface area contributed by atoms with Crippen LogP contribution in [0.2, 0.25) is 0 Å². The van der Waals surface area contributed by atoms with Crippen LogP contribution in [0.15, 0.2) is 5.11 Å². The molecule has 7 heteroatoms. The number of aliphatic hydroxyl groups excluding tert-OH is 1. The normalized spacial score (nSPS) is 23.8. The first-order valence-electron chi connectivity index (χ1n) is 4.95. The molecule has 0 saturated carbocycles. The summed E-state index contributed by atoms with van der Waals surface area (Å²) in [5.41, 5.74) is 7.65. The van der Waals surface area contributed by atoms with Crippen LogP contribution in [0, 0.1) is 0 Å². The van der Waals surface area contributed by atoms with Crippen LogP contribution in [-0.4, -0.2) is 42.4 Å². The molecular formula is C9H18N4O3. The summed E-state index contributed by atoms with van der Waals surface area (Å²) >= 11 is 0. The molecule has 0 amide bonds. The van der Waals surface area contributed by atoms with Crippen LogP contribution in [0.5, 0.6) is 0 Å². The molecule has 7 nitrogen and oxygen atoms in total. The molecule has 92 valence electrons. The molecule has 1 saturated heterocycles. The number of β-amino-alcohol motifs (C(OH)–C–C–N with tert-alkyl or cyclic N) is 1. The van der Waals surface area contributed by atoms with E-state index in [1.807, 2.05) is 20.8 Å². The average molecular weight is 230 g/mol. The number of nitrogens with zero attached hydrogens (tertiary/aromatic N) is 3. The van der Waals surface area contributed by atoms with E-state index in [0.717, 1.165) is 0 Å². The van der Waals surface area contributed by atoms with Crippen LogP contribution in [0.25, 0.3) is 10.4 Å². The van der Waals surface area contributed by atoms with Gasteiger partial charge in [0.1, 0.15) is 5.60 Å². The quantitative estimate of drug-likeness (QED) is 0.313. The monoisotopic (exact) mass is 230 g/mol. The van der Waals surface area contributed by atoms with E-state index in [9.17, 15) is 4.79 Å². The Balaban J connectivity index is 0.000000293. The first-order valence-corrected chi connectivity index (χ1v) is 4.95. The molecule has 2 unspecified atom stereocenters. The predicted octanol–water partition coefficient (Wildman–Crippen LogP) is 0.587. The minimum atomic E-state index is -0.499. The minimum absolute atomic E-state index is 0.269. The van der Waals surface area contributed by atoms with Crippen LogP contribution in [0.4, 0.5) is 0 Å². The average Bonchev–Trinajstić information content (AvgIpc) is 2.52. The molecule has 1 aliphatic heterocycles. The Morgan fingerprint density at radius 1 is 1.56 bits per heavy atom. The van der Waals surface area contributed by atoms with Crippen LogP contribution >= 0.6 is 0 Å². The van der Waals surface area contributed by atoms with Crippen LogP contribution < -0.4 is 5.32 Å². The summed E-state index contributed by atoms with van der Waals surface area (Å²) in [4.78, 5) is 12.2. The number of carbonyl (C=O) groups is 1. The first kappa shape index (κ1) is 14.7. The van der Waals surface area contributed by atoms with Crippen molar-refractivity contribution in [2.75, 3.05) is 13.1 Å². The molecule has 16 heavy (non-hydrogen) atoms. The van der Waals surface area contributed by atoms with Crippen molar-refractivity contribution in [3.63, 3.8) is 0 Å². The zero-order valence-corrected chi connectivity index (χ0v) is 9.75. The molecule has 0 aromatic rings. The summed E-state index contributed by atoms with van der Waals surface area (Å²) in [5, 5.41) is 15.3. The van der Waals surface area contributed by atoms with Gasteiger partial charge < -0.3 is 15.2 Å². The fraction of sp³-hybridized carbons (Fsp3) is 0.889. The smallest absolute Gasteiger partial charge is 0.293 e. The summed E-state index contributed by atoms with van der Waals surface area (Å²) in [7, 11) is 0. The summed E-state index contributed by atoms with van der Waals surface area (Å²) in [6.45, 7) is 7.04. The van der Waals surface area contributed by atoms with Crippen LogP contribution in [-0.2, 0) is 9.53 Å². The Bertz CT molecular complexity index is 258. The Morgan fingerprint density at radius 2 is 2.19 bits per heavy atom. The number of azide groups is 1. The second-order valence-corrected chi connectivity index (χ2v) is 4.32. The molecule has 1 rings (SSSR count). The predicted molar refractivity (Wildman–Crippen MR) is 58.7 cm³/mol. The molecule has 2 N–H and O–H groups in total. The van der Waals surface area contributed by atoms with Crippen molar-refractivity contribution in [1.82, 2.24) is 5.32 Å². The highest BCUT2D eigenvalue weighted by Crippen LogP contribution is 2.03. The maximum Gasteiger partial charge on any atom is 0.293 e. The van der Waals surface area contributed by atoms with E-state index < -0.39 is 6.10 Å². The van der Waals surface area contributed by atoms with Crippen molar-refractivity contribution >= 4 is 6.47 Å². The Kier molecular flexibility index (Phi) is 6.48. The van der Waals surface area contributed by atoms with E-state index in [1.54, 1.807) is 0 Å². The third kappa shape index (κ3) is 7.05. The Morgan fingerprint density at radius 3 is 2.44 bits per heavy atom. The van der Waals surface area contributed by atoms with Gasteiger partial charge in [0.05, 0.1) is 12.1 Å². The van der Waals surface area contributed by atoms with Gasteiger partial charge in [-0.05, 0) is 26.3 Å². The maximum atomic E-state index is 9.60. The van der Waals surface area contributed by atoms with E-state index in [2.05, 4.69) is 20.1 Å². The highest BCUT2D eigenvalue weighted by molar-refractivity contribution is 5.37. The standard InChI is InChI=1S/C5H10O2.C4H8N4O/c1-5(2,3)7-4-6;5-8-7-3-1-6-2-4(3)9/h4H,1-3H3;3-4,6,9H,1-2H2. The minimum Gasteiger partial charge on any atom is -0.462 e. The second-order valence-electron chi connectivity index (χ2n) is 4.32. The zero-order chi connectivity index (χ0) is 12.6. The lowest BCUT2D eigenvalue weighted by molar-refractivity contribution is -0.138. The van der Waals surface area contributed by atoms with Gasteiger partial charge in [-0.1, -0.05) is 5.11 Å². The van der Waals surface area contributed by atoms with Crippen molar-refractivity contribution in [1.29, 1.82) is 0 Å². The van der Waals surface area contributed by atoms with Gasteiger partial charge >= 0.3 is 0 Å². The molecule has 0 aromatic heterocycles. The molecule has 0 spiro atoms. The topological polar surface area (TPSA) is 107 Å². The van der Waals surface area contributed by atoms with Gasteiger partial charge in [0.2, 0.25) is 0 Å². The lowest BCUT2D eigenvalue weighted by atomic mass is 10.2. The lowest BCUT2D eigenvalue weighted by Gasteiger charge is -2.14. The van der Waals surface area contributed by atoms with Gasteiger partial charge in [0, 0.05) is 18.0 Å². The van der Waals surface area contributed by atoms with Gasteiger partial charge in [-0.15, -0.1) is 0 Å². The SMILES string of the molecule is CC(C)(C)OC=O.[N-]=[N+]=NC1CNCC1O. The van der Waals surface area contributed by atoms with E-state index in [-0.39, 0.29) is 11.6 Å². The molecule has 1 heterocycles. The van der Waals surface area contributed by atoms with E-state index >= 15 is 0 Å². The molecule has 0 bridgehead atoms. The van der Waals surface area contributed by atoms with Crippen molar-refractivity contribution in [3.05, 3.63) is 10.4 Å². The van der Waals surface area contributed by atoms with Crippen molar-refractivity contribution in [2.24, 2.45) is 5.11 Å². The summed E-state index contributed by atoms with van der Waals surface area (Å²) in [5.74, 6) is 0. The Hall–Kier alpha value is -1.30. The van der Waals surface area contributed by atoms with Gasteiger partial charge in [0.15, 0.2) is 0 Å². The van der Waals surface area contributed by atoms with E-state index in [4.69, 9.17) is 10.6 Å². The third-order valence-corrected chi connectivity index (χ3v) is 1.75. The Labute approximate surface area is 94.4 Å². The van der Waals surface area contributed by atoms with Gasteiger partial charge in [-0.3, -0.25) is 4.79 Å².